The maximum absolute atomic E-state index is 13.3. The SMILES string of the molecule is Cc1cncc(-c2ccc(N)c(N(C(=O)Nc3cccnc3)C3CCCCC3)n2)c1. The van der Waals surface area contributed by atoms with Crippen LogP contribution in [0, 0.1) is 6.92 Å². The highest BCUT2D eigenvalue weighted by Crippen LogP contribution is 2.32. The molecule has 0 aromatic carbocycles. The molecular weight excluding hydrogens is 376 g/mol. The van der Waals surface area contributed by atoms with E-state index >= 15 is 0 Å². The van der Waals surface area contributed by atoms with Crippen LogP contribution < -0.4 is 16.0 Å². The van der Waals surface area contributed by atoms with Gasteiger partial charge in [0.2, 0.25) is 0 Å². The van der Waals surface area contributed by atoms with Crippen molar-refractivity contribution in [2.45, 2.75) is 45.1 Å². The Bertz CT molecular complexity index is 1020. The first-order chi connectivity index (χ1) is 14.6. The zero-order valence-electron chi connectivity index (χ0n) is 17.1. The fourth-order valence-electron chi connectivity index (χ4n) is 3.90. The van der Waals surface area contributed by atoms with Crippen molar-refractivity contribution in [3.63, 3.8) is 0 Å². The number of pyridine rings is 3. The summed E-state index contributed by atoms with van der Waals surface area (Å²) in [6.07, 6.45) is 12.1. The summed E-state index contributed by atoms with van der Waals surface area (Å²) in [6, 6.07) is 9.12. The number of hydrogen-bond donors (Lipinski definition) is 2. The van der Waals surface area contributed by atoms with Gasteiger partial charge in [0.25, 0.3) is 0 Å². The van der Waals surface area contributed by atoms with Gasteiger partial charge in [0.05, 0.1) is 23.3 Å². The van der Waals surface area contributed by atoms with Gasteiger partial charge in [-0.2, -0.15) is 0 Å². The molecule has 0 saturated heterocycles. The standard InChI is InChI=1S/C23H26N6O/c1-16-12-17(14-26-13-16)21-10-9-20(24)22(28-21)29(19-7-3-2-4-8-19)23(30)27-18-6-5-11-25-15-18/h5-6,9-15,19H,2-4,7-8,24H2,1H3,(H,27,30). The lowest BCUT2D eigenvalue weighted by atomic mass is 9.94. The van der Waals surface area contributed by atoms with Crippen LogP contribution in [0.4, 0.5) is 22.0 Å². The maximum Gasteiger partial charge on any atom is 0.327 e. The predicted octanol–water partition coefficient (Wildman–Crippen LogP) is 4.80. The molecule has 0 bridgehead atoms. The van der Waals surface area contributed by atoms with Crippen molar-refractivity contribution in [3.8, 4) is 11.3 Å². The van der Waals surface area contributed by atoms with E-state index in [1.807, 2.05) is 31.2 Å². The van der Waals surface area contributed by atoms with Crippen molar-refractivity contribution >= 4 is 23.2 Å². The molecule has 154 valence electrons. The van der Waals surface area contributed by atoms with Crippen LogP contribution in [0.1, 0.15) is 37.7 Å². The molecule has 0 aliphatic heterocycles. The van der Waals surface area contributed by atoms with Crippen LogP contribution in [0.5, 0.6) is 0 Å². The summed E-state index contributed by atoms with van der Waals surface area (Å²) in [5.41, 5.74) is 10.1. The average molecular weight is 403 g/mol. The number of carbonyl (C=O) groups is 1. The first kappa shape index (κ1) is 19.8. The van der Waals surface area contributed by atoms with E-state index in [-0.39, 0.29) is 12.1 Å². The lowest BCUT2D eigenvalue weighted by Crippen LogP contribution is -2.45. The Hall–Kier alpha value is -3.48. The highest BCUT2D eigenvalue weighted by Gasteiger charge is 2.30. The second kappa shape index (κ2) is 8.90. The predicted molar refractivity (Wildman–Crippen MR) is 119 cm³/mol. The normalized spacial score (nSPS) is 14.3. The summed E-state index contributed by atoms with van der Waals surface area (Å²) in [5, 5.41) is 2.95. The Morgan fingerprint density at radius 2 is 1.93 bits per heavy atom. The molecule has 30 heavy (non-hydrogen) atoms. The first-order valence-corrected chi connectivity index (χ1v) is 10.3. The number of nitrogens with zero attached hydrogens (tertiary/aromatic N) is 4. The van der Waals surface area contributed by atoms with Crippen LogP contribution in [0.15, 0.2) is 55.1 Å². The van der Waals surface area contributed by atoms with Gasteiger partial charge in [-0.3, -0.25) is 14.9 Å². The molecule has 2 amide bonds. The molecule has 1 aliphatic carbocycles. The minimum absolute atomic E-state index is 0.0519. The Labute approximate surface area is 176 Å². The molecule has 7 nitrogen and oxygen atoms in total. The zero-order chi connectivity index (χ0) is 20.9. The fraction of sp³-hybridized carbons (Fsp3) is 0.304. The molecule has 1 saturated carbocycles. The van der Waals surface area contributed by atoms with Crippen molar-refractivity contribution < 1.29 is 4.79 Å². The van der Waals surface area contributed by atoms with E-state index in [4.69, 9.17) is 10.7 Å². The number of hydrogen-bond acceptors (Lipinski definition) is 5. The fourth-order valence-corrected chi connectivity index (χ4v) is 3.90. The first-order valence-electron chi connectivity index (χ1n) is 10.3. The van der Waals surface area contributed by atoms with Crippen LogP contribution >= 0.6 is 0 Å². The van der Waals surface area contributed by atoms with Crippen molar-refractivity contribution in [2.24, 2.45) is 0 Å². The van der Waals surface area contributed by atoms with Gasteiger partial charge >= 0.3 is 6.03 Å². The summed E-state index contributed by atoms with van der Waals surface area (Å²) < 4.78 is 0. The number of carbonyl (C=O) groups excluding carboxylic acids is 1. The topological polar surface area (TPSA) is 97.0 Å². The average Bonchev–Trinajstić information content (AvgIpc) is 2.77. The number of nitrogens with one attached hydrogen (secondary N) is 1. The van der Waals surface area contributed by atoms with Gasteiger partial charge in [-0.25, -0.2) is 9.78 Å². The molecular formula is C23H26N6O. The van der Waals surface area contributed by atoms with Gasteiger partial charge in [0, 0.05) is 30.2 Å². The van der Waals surface area contributed by atoms with Crippen molar-refractivity contribution in [2.75, 3.05) is 16.0 Å². The smallest absolute Gasteiger partial charge is 0.327 e. The number of urea groups is 1. The zero-order valence-corrected chi connectivity index (χ0v) is 17.1. The third-order valence-corrected chi connectivity index (χ3v) is 5.38. The van der Waals surface area contributed by atoms with Crippen LogP contribution in [-0.2, 0) is 0 Å². The maximum atomic E-state index is 13.3. The molecule has 7 heteroatoms. The van der Waals surface area contributed by atoms with Gasteiger partial charge in [-0.1, -0.05) is 19.3 Å². The van der Waals surface area contributed by atoms with Gasteiger partial charge in [0.15, 0.2) is 5.82 Å². The van der Waals surface area contributed by atoms with E-state index in [2.05, 4.69) is 15.3 Å². The minimum atomic E-state index is -0.242. The quantitative estimate of drug-likeness (QED) is 0.653. The van der Waals surface area contributed by atoms with Crippen LogP contribution in [0.25, 0.3) is 11.3 Å². The van der Waals surface area contributed by atoms with Crippen molar-refractivity contribution in [3.05, 3.63) is 60.7 Å². The summed E-state index contributed by atoms with van der Waals surface area (Å²) in [5.74, 6) is 0.488. The summed E-state index contributed by atoms with van der Waals surface area (Å²) in [4.78, 5) is 28.2. The number of nitrogen functional groups attached to an aromatic ring is 1. The molecule has 3 aromatic heterocycles. The molecule has 0 radical (unpaired) electrons. The highest BCUT2D eigenvalue weighted by molar-refractivity contribution is 6.03. The summed E-state index contributed by atoms with van der Waals surface area (Å²) in [7, 11) is 0. The number of nitrogens with two attached hydrogens (primary N) is 1. The van der Waals surface area contributed by atoms with Crippen molar-refractivity contribution in [1.82, 2.24) is 15.0 Å². The van der Waals surface area contributed by atoms with E-state index in [0.717, 1.165) is 42.5 Å². The minimum Gasteiger partial charge on any atom is -0.396 e. The monoisotopic (exact) mass is 402 g/mol. The molecule has 3 heterocycles. The van der Waals surface area contributed by atoms with Gasteiger partial charge < -0.3 is 11.1 Å². The van der Waals surface area contributed by atoms with E-state index in [1.54, 1.807) is 35.8 Å². The molecule has 0 spiro atoms. The Balaban J connectivity index is 1.72. The number of amides is 2. The third-order valence-electron chi connectivity index (χ3n) is 5.38. The molecule has 4 rings (SSSR count). The van der Waals surface area contributed by atoms with Gasteiger partial charge in [0.1, 0.15) is 0 Å². The number of aryl methyl sites for hydroxylation is 1. The Morgan fingerprint density at radius 3 is 2.67 bits per heavy atom. The molecule has 0 atom stereocenters. The van der Waals surface area contributed by atoms with Crippen LogP contribution in [0.2, 0.25) is 0 Å². The molecule has 0 unspecified atom stereocenters. The highest BCUT2D eigenvalue weighted by atomic mass is 16.2. The largest absolute Gasteiger partial charge is 0.396 e. The van der Waals surface area contributed by atoms with Gasteiger partial charge in [-0.05, 0) is 55.7 Å². The molecule has 3 aromatic rings. The second-order valence-corrected chi connectivity index (χ2v) is 7.69. The lowest BCUT2D eigenvalue weighted by molar-refractivity contribution is 0.252. The summed E-state index contributed by atoms with van der Waals surface area (Å²) in [6.45, 7) is 1.99. The van der Waals surface area contributed by atoms with E-state index in [1.165, 1.54) is 6.42 Å². The number of anilines is 3. The van der Waals surface area contributed by atoms with E-state index in [9.17, 15) is 4.79 Å². The Morgan fingerprint density at radius 1 is 1.10 bits per heavy atom. The summed E-state index contributed by atoms with van der Waals surface area (Å²) >= 11 is 0. The second-order valence-electron chi connectivity index (χ2n) is 7.69. The van der Waals surface area contributed by atoms with E-state index < -0.39 is 0 Å². The third kappa shape index (κ3) is 4.40. The number of rotatable bonds is 4. The van der Waals surface area contributed by atoms with Crippen molar-refractivity contribution in [1.29, 1.82) is 0 Å². The lowest BCUT2D eigenvalue weighted by Gasteiger charge is -2.34. The van der Waals surface area contributed by atoms with Crippen LogP contribution in [0.3, 0.4) is 0 Å². The Kier molecular flexibility index (Phi) is 5.88. The molecule has 3 N–H and O–H groups in total. The van der Waals surface area contributed by atoms with E-state index in [0.29, 0.717) is 17.2 Å². The molecule has 1 fully saturated rings. The van der Waals surface area contributed by atoms with Gasteiger partial charge in [-0.15, -0.1) is 0 Å². The number of aromatic nitrogens is 3. The molecule has 1 aliphatic rings. The van der Waals surface area contributed by atoms with Crippen LogP contribution in [-0.4, -0.2) is 27.0 Å².